The van der Waals surface area contributed by atoms with Crippen LogP contribution in [-0.4, -0.2) is 53.2 Å². The van der Waals surface area contributed by atoms with E-state index in [1.165, 1.54) is 0 Å². The van der Waals surface area contributed by atoms with Crippen molar-refractivity contribution in [1.82, 2.24) is 0 Å². The van der Waals surface area contributed by atoms with Gasteiger partial charge in [-0.3, -0.25) is 0 Å². The Balaban J connectivity index is 2.60. The molecule has 0 aliphatic carbocycles. The summed E-state index contributed by atoms with van der Waals surface area (Å²) < 4.78 is 9.97. The first-order valence-corrected chi connectivity index (χ1v) is 4.89. The SMILES string of the molecule is CC(C)OC(=O)[C@H]1O[C@H](CN)[C@@H](O)[C@@H]1O. The molecule has 0 spiro atoms. The van der Waals surface area contributed by atoms with Gasteiger partial charge in [0.25, 0.3) is 0 Å². The Hall–Kier alpha value is -0.690. The Morgan fingerprint density at radius 2 is 2.07 bits per heavy atom. The highest BCUT2D eigenvalue weighted by atomic mass is 16.6. The number of hydrogen-bond donors (Lipinski definition) is 3. The second kappa shape index (κ2) is 4.89. The van der Waals surface area contributed by atoms with Crippen LogP contribution in [0, 0.1) is 0 Å². The lowest BCUT2D eigenvalue weighted by Gasteiger charge is -2.15. The molecule has 1 fully saturated rings. The molecule has 0 saturated carbocycles. The van der Waals surface area contributed by atoms with E-state index < -0.39 is 30.4 Å². The molecule has 1 aliphatic rings. The number of carbonyl (C=O) groups excluding carboxylic acids is 1. The third-order valence-corrected chi connectivity index (χ3v) is 2.18. The van der Waals surface area contributed by atoms with E-state index in [1.54, 1.807) is 13.8 Å². The van der Waals surface area contributed by atoms with Crippen molar-refractivity contribution in [2.24, 2.45) is 5.73 Å². The molecule has 1 heterocycles. The molecule has 0 radical (unpaired) electrons. The maximum absolute atomic E-state index is 11.4. The van der Waals surface area contributed by atoms with Crippen molar-refractivity contribution in [2.45, 2.75) is 44.4 Å². The smallest absolute Gasteiger partial charge is 0.338 e. The number of carbonyl (C=O) groups is 1. The number of aliphatic hydroxyl groups excluding tert-OH is 2. The average molecular weight is 219 g/mol. The van der Waals surface area contributed by atoms with Gasteiger partial charge in [-0.15, -0.1) is 0 Å². The summed E-state index contributed by atoms with van der Waals surface area (Å²) in [7, 11) is 0. The van der Waals surface area contributed by atoms with E-state index >= 15 is 0 Å². The first-order valence-electron chi connectivity index (χ1n) is 4.89. The average Bonchev–Trinajstić information content (AvgIpc) is 2.43. The minimum Gasteiger partial charge on any atom is -0.461 e. The van der Waals surface area contributed by atoms with Gasteiger partial charge in [-0.05, 0) is 13.8 Å². The number of ether oxygens (including phenoxy) is 2. The van der Waals surface area contributed by atoms with Gasteiger partial charge >= 0.3 is 5.97 Å². The maximum Gasteiger partial charge on any atom is 0.338 e. The minimum atomic E-state index is -1.27. The lowest BCUT2D eigenvalue weighted by Crippen LogP contribution is -2.38. The zero-order valence-electron chi connectivity index (χ0n) is 8.79. The number of rotatable bonds is 3. The Morgan fingerprint density at radius 1 is 1.47 bits per heavy atom. The molecular weight excluding hydrogens is 202 g/mol. The summed E-state index contributed by atoms with van der Waals surface area (Å²) in [5, 5.41) is 19.0. The summed E-state index contributed by atoms with van der Waals surface area (Å²) in [4.78, 5) is 11.4. The fourth-order valence-corrected chi connectivity index (χ4v) is 1.44. The topological polar surface area (TPSA) is 102 Å². The largest absolute Gasteiger partial charge is 0.461 e. The highest BCUT2D eigenvalue weighted by molar-refractivity contribution is 5.76. The molecule has 6 nitrogen and oxygen atoms in total. The van der Waals surface area contributed by atoms with E-state index in [0.29, 0.717) is 0 Å². The zero-order chi connectivity index (χ0) is 11.6. The molecular formula is C9H17NO5. The van der Waals surface area contributed by atoms with E-state index in [1.807, 2.05) is 0 Å². The van der Waals surface area contributed by atoms with Gasteiger partial charge in [0.2, 0.25) is 0 Å². The summed E-state index contributed by atoms with van der Waals surface area (Å²) in [6.45, 7) is 3.43. The van der Waals surface area contributed by atoms with Crippen molar-refractivity contribution in [3.05, 3.63) is 0 Å². The fourth-order valence-electron chi connectivity index (χ4n) is 1.44. The van der Waals surface area contributed by atoms with Crippen LogP contribution in [0.1, 0.15) is 13.8 Å². The molecule has 1 rings (SSSR count). The Bertz CT molecular complexity index is 233. The Kier molecular flexibility index (Phi) is 4.04. The van der Waals surface area contributed by atoms with E-state index in [0.717, 1.165) is 0 Å². The summed E-state index contributed by atoms with van der Waals surface area (Å²) >= 11 is 0. The molecule has 0 bridgehead atoms. The van der Waals surface area contributed by atoms with E-state index in [9.17, 15) is 15.0 Å². The van der Waals surface area contributed by atoms with Gasteiger partial charge in [-0.2, -0.15) is 0 Å². The number of esters is 1. The highest BCUT2D eigenvalue weighted by Crippen LogP contribution is 2.21. The monoisotopic (exact) mass is 219 g/mol. The van der Waals surface area contributed by atoms with Crippen LogP contribution in [0.2, 0.25) is 0 Å². The van der Waals surface area contributed by atoms with Crippen LogP contribution in [-0.2, 0) is 14.3 Å². The molecule has 1 saturated heterocycles. The molecule has 0 aromatic carbocycles. The molecule has 1 aliphatic heterocycles. The molecule has 6 heteroatoms. The van der Waals surface area contributed by atoms with Crippen LogP contribution in [0.25, 0.3) is 0 Å². The molecule has 0 aromatic rings. The molecule has 4 atom stereocenters. The molecule has 4 N–H and O–H groups in total. The highest BCUT2D eigenvalue weighted by Gasteiger charge is 2.46. The quantitative estimate of drug-likeness (QED) is 0.493. The van der Waals surface area contributed by atoms with Crippen LogP contribution < -0.4 is 5.73 Å². The lowest BCUT2D eigenvalue weighted by molar-refractivity contribution is -0.163. The van der Waals surface area contributed by atoms with Crippen LogP contribution >= 0.6 is 0 Å². The van der Waals surface area contributed by atoms with Gasteiger partial charge < -0.3 is 25.4 Å². The molecule has 0 aromatic heterocycles. The minimum absolute atomic E-state index is 0.0453. The molecule has 15 heavy (non-hydrogen) atoms. The van der Waals surface area contributed by atoms with Crippen molar-refractivity contribution < 1.29 is 24.5 Å². The third kappa shape index (κ3) is 2.66. The second-order valence-corrected chi connectivity index (χ2v) is 3.80. The van der Waals surface area contributed by atoms with Gasteiger partial charge in [0, 0.05) is 6.54 Å². The normalized spacial score (nSPS) is 35.9. The summed E-state index contributed by atoms with van der Waals surface area (Å²) in [6, 6.07) is 0. The van der Waals surface area contributed by atoms with Crippen LogP contribution in [0.15, 0.2) is 0 Å². The summed E-state index contributed by atoms with van der Waals surface area (Å²) in [6.07, 6.45) is -4.56. The van der Waals surface area contributed by atoms with Gasteiger partial charge in [-0.1, -0.05) is 0 Å². The lowest BCUT2D eigenvalue weighted by atomic mass is 10.1. The number of nitrogens with two attached hydrogens (primary N) is 1. The van der Waals surface area contributed by atoms with Gasteiger partial charge in [-0.25, -0.2) is 4.79 Å². The third-order valence-electron chi connectivity index (χ3n) is 2.18. The number of aliphatic hydroxyl groups is 2. The van der Waals surface area contributed by atoms with Crippen LogP contribution in [0.5, 0.6) is 0 Å². The van der Waals surface area contributed by atoms with Gasteiger partial charge in [0.1, 0.15) is 12.2 Å². The maximum atomic E-state index is 11.4. The molecule has 0 amide bonds. The Labute approximate surface area is 88.0 Å². The van der Waals surface area contributed by atoms with E-state index in [2.05, 4.69) is 0 Å². The summed E-state index contributed by atoms with van der Waals surface area (Å²) in [5.74, 6) is -0.674. The molecule has 88 valence electrons. The first kappa shape index (κ1) is 12.4. The standard InChI is InChI=1S/C9H17NO5/c1-4(2)14-9(13)8-7(12)6(11)5(3-10)15-8/h4-8,11-12H,3,10H2,1-2H3/t5-,6-,7+,8+/m1/s1. The van der Waals surface area contributed by atoms with Gasteiger partial charge in [0.05, 0.1) is 12.2 Å². The van der Waals surface area contributed by atoms with Crippen LogP contribution in [0.4, 0.5) is 0 Å². The fraction of sp³-hybridized carbons (Fsp3) is 0.889. The van der Waals surface area contributed by atoms with E-state index in [4.69, 9.17) is 15.2 Å². The van der Waals surface area contributed by atoms with Crippen molar-refractivity contribution >= 4 is 5.97 Å². The number of hydrogen-bond acceptors (Lipinski definition) is 6. The van der Waals surface area contributed by atoms with Crippen LogP contribution in [0.3, 0.4) is 0 Å². The summed E-state index contributed by atoms with van der Waals surface area (Å²) in [5.41, 5.74) is 5.30. The van der Waals surface area contributed by atoms with E-state index in [-0.39, 0.29) is 12.6 Å². The predicted molar refractivity (Wildman–Crippen MR) is 51.0 cm³/mol. The van der Waals surface area contributed by atoms with Crippen molar-refractivity contribution in [3.63, 3.8) is 0 Å². The first-order chi connectivity index (χ1) is 6.97. The van der Waals surface area contributed by atoms with Crippen molar-refractivity contribution in [1.29, 1.82) is 0 Å². The van der Waals surface area contributed by atoms with Gasteiger partial charge in [0.15, 0.2) is 6.10 Å². The zero-order valence-corrected chi connectivity index (χ0v) is 8.79. The second-order valence-electron chi connectivity index (χ2n) is 3.80. The molecule has 0 unspecified atom stereocenters. The predicted octanol–water partition coefficient (Wildman–Crippen LogP) is -1.61. The van der Waals surface area contributed by atoms with Crippen molar-refractivity contribution in [2.75, 3.05) is 6.54 Å². The van der Waals surface area contributed by atoms with Crippen molar-refractivity contribution in [3.8, 4) is 0 Å². The Morgan fingerprint density at radius 3 is 2.47 bits per heavy atom.